The van der Waals surface area contributed by atoms with E-state index >= 15 is 0 Å². The molecule has 284 valence electrons. The van der Waals surface area contributed by atoms with Gasteiger partial charge in [0.2, 0.25) is 5.90 Å². The molecule has 10 atom stereocenters. The Balaban J connectivity index is 1.26. The number of carbonyl (C=O) groups is 2. The highest BCUT2D eigenvalue weighted by Crippen LogP contribution is 2.72. The van der Waals surface area contributed by atoms with Gasteiger partial charge in [-0.25, -0.2) is 4.98 Å². The van der Waals surface area contributed by atoms with Crippen molar-refractivity contribution in [3.8, 4) is 5.75 Å². The fraction of sp³-hybridized carbons (Fsp3) is 0.682. The number of aliphatic hydroxyl groups is 1. The molecule has 0 aliphatic heterocycles. The number of hydrogen-bond donors (Lipinski definition) is 2. The molecule has 0 aromatic carbocycles. The third-order valence-corrected chi connectivity index (χ3v) is 14.7. The number of nitrogens with zero attached hydrogens (tertiary/aromatic N) is 2. The quantitative estimate of drug-likeness (QED) is 0.108. The smallest absolute Gasteiger partial charge is 0.219 e. The van der Waals surface area contributed by atoms with Crippen LogP contribution in [0.15, 0.2) is 53.4 Å². The molecule has 8 heteroatoms. The maximum atomic E-state index is 14.1. The third kappa shape index (κ3) is 6.28. The number of aliphatic imine (C=N–C) groups is 1. The number of allylic oxidation sites excluding steroid dienone is 2. The summed E-state index contributed by atoms with van der Waals surface area (Å²) in [6.07, 6.45) is 10.3. The van der Waals surface area contributed by atoms with Crippen molar-refractivity contribution in [3.05, 3.63) is 54.1 Å². The van der Waals surface area contributed by atoms with E-state index in [1.54, 1.807) is 13.1 Å². The third-order valence-electron chi connectivity index (χ3n) is 14.7. The summed E-state index contributed by atoms with van der Waals surface area (Å²) in [6.45, 7) is 23.9. The fourth-order valence-corrected chi connectivity index (χ4v) is 12.4. The van der Waals surface area contributed by atoms with Crippen molar-refractivity contribution in [3.63, 3.8) is 0 Å². The average molecular weight is 715 g/mol. The molecule has 6 rings (SSSR count). The topological polar surface area (TPSA) is 118 Å². The van der Waals surface area contributed by atoms with E-state index in [0.29, 0.717) is 42.2 Å². The number of aromatic hydroxyl groups is 1. The van der Waals surface area contributed by atoms with E-state index in [-0.39, 0.29) is 58.4 Å². The van der Waals surface area contributed by atoms with Gasteiger partial charge in [-0.05, 0) is 115 Å². The Morgan fingerprint density at radius 2 is 1.75 bits per heavy atom. The Bertz CT molecular complexity index is 1660. The number of aldehydes is 1. The zero-order valence-corrected chi connectivity index (χ0v) is 32.8. The van der Waals surface area contributed by atoms with Crippen LogP contribution in [0.2, 0.25) is 0 Å². The molecule has 2 N–H and O–H groups in total. The van der Waals surface area contributed by atoms with Crippen LogP contribution in [-0.4, -0.2) is 52.4 Å². The van der Waals surface area contributed by atoms with Crippen LogP contribution in [-0.2, 0) is 19.1 Å². The van der Waals surface area contributed by atoms with Gasteiger partial charge >= 0.3 is 0 Å². The van der Waals surface area contributed by atoms with E-state index in [2.05, 4.69) is 57.8 Å². The lowest BCUT2D eigenvalue weighted by Crippen LogP contribution is -2.61. The molecule has 0 saturated heterocycles. The number of rotatable bonds is 10. The minimum absolute atomic E-state index is 0.0390. The Morgan fingerprint density at radius 3 is 2.38 bits per heavy atom. The van der Waals surface area contributed by atoms with E-state index in [1.165, 1.54) is 17.8 Å². The fourth-order valence-electron chi connectivity index (χ4n) is 12.4. The van der Waals surface area contributed by atoms with Crippen molar-refractivity contribution in [2.75, 3.05) is 7.05 Å². The second-order valence-electron chi connectivity index (χ2n) is 18.5. The molecule has 1 aromatic heterocycles. The van der Waals surface area contributed by atoms with Crippen molar-refractivity contribution in [1.82, 2.24) is 4.98 Å². The van der Waals surface area contributed by atoms with Crippen molar-refractivity contribution >= 4 is 23.7 Å². The second kappa shape index (κ2) is 13.9. The van der Waals surface area contributed by atoms with Crippen LogP contribution < -0.4 is 0 Å². The zero-order valence-electron chi connectivity index (χ0n) is 32.8. The molecule has 52 heavy (non-hydrogen) atoms. The highest BCUT2D eigenvalue weighted by Gasteiger charge is 2.66. The number of pyridine rings is 1. The largest absolute Gasteiger partial charge is 0.506 e. The highest BCUT2D eigenvalue weighted by molar-refractivity contribution is 6.02. The number of ether oxygens (including phenoxy) is 2. The van der Waals surface area contributed by atoms with E-state index in [1.807, 2.05) is 13.8 Å². The van der Waals surface area contributed by atoms with E-state index in [0.717, 1.165) is 62.6 Å². The van der Waals surface area contributed by atoms with Crippen molar-refractivity contribution in [1.29, 1.82) is 0 Å². The van der Waals surface area contributed by atoms with Crippen LogP contribution >= 0.6 is 0 Å². The number of hydrogen-bond acceptors (Lipinski definition) is 8. The number of aromatic nitrogens is 1. The lowest BCUT2D eigenvalue weighted by Gasteiger charge is -2.67. The van der Waals surface area contributed by atoms with Crippen LogP contribution in [0, 0.1) is 57.2 Å². The molecule has 0 radical (unpaired) electrons. The molecule has 0 bridgehead atoms. The maximum Gasteiger partial charge on any atom is 0.219 e. The molecule has 10 unspecified atom stereocenters. The summed E-state index contributed by atoms with van der Waals surface area (Å²) < 4.78 is 12.7. The molecule has 1 heterocycles. The van der Waals surface area contributed by atoms with Gasteiger partial charge in [-0.2, -0.15) is 0 Å². The first kappa shape index (κ1) is 38.5. The van der Waals surface area contributed by atoms with Crippen LogP contribution in [0.3, 0.4) is 0 Å². The van der Waals surface area contributed by atoms with Crippen LogP contribution in [0.5, 0.6) is 5.75 Å². The van der Waals surface area contributed by atoms with Crippen molar-refractivity contribution in [2.45, 2.75) is 125 Å². The monoisotopic (exact) mass is 714 g/mol. The zero-order chi connectivity index (χ0) is 38.0. The van der Waals surface area contributed by atoms with Gasteiger partial charge in [0.1, 0.15) is 35.7 Å². The summed E-state index contributed by atoms with van der Waals surface area (Å²) in [7, 11) is 1.61. The van der Waals surface area contributed by atoms with Crippen LogP contribution in [0.1, 0.15) is 118 Å². The predicted octanol–water partition coefficient (Wildman–Crippen LogP) is 8.88. The summed E-state index contributed by atoms with van der Waals surface area (Å²) in [5, 5.41) is 22.1. The first-order valence-electron chi connectivity index (χ1n) is 19.7. The Morgan fingerprint density at radius 1 is 1.08 bits per heavy atom. The van der Waals surface area contributed by atoms with E-state index in [9.17, 15) is 19.8 Å². The Labute approximate surface area is 311 Å². The lowest BCUT2D eigenvalue weighted by molar-refractivity contribution is -0.182. The van der Waals surface area contributed by atoms with Crippen LogP contribution in [0.25, 0.3) is 5.76 Å². The molecule has 5 aliphatic carbocycles. The summed E-state index contributed by atoms with van der Waals surface area (Å²) in [6, 6.07) is 3.13. The minimum Gasteiger partial charge on any atom is -0.506 e. The number of Topliss-reactive ketones (excluding diaryl/α,β-unsaturated/α-hetero) is 1. The molecule has 1 aromatic rings. The van der Waals surface area contributed by atoms with Gasteiger partial charge in [0.05, 0.1) is 12.0 Å². The number of carbonyl (C=O) groups excluding carboxylic acids is 2. The molecular weight excluding hydrogens is 652 g/mol. The lowest BCUT2D eigenvalue weighted by atomic mass is 9.38. The van der Waals surface area contributed by atoms with Crippen LogP contribution in [0.4, 0.5) is 0 Å². The summed E-state index contributed by atoms with van der Waals surface area (Å²) in [4.78, 5) is 34.3. The van der Waals surface area contributed by atoms with Crippen molar-refractivity contribution < 1.29 is 29.3 Å². The van der Waals surface area contributed by atoms with Gasteiger partial charge in [0.15, 0.2) is 5.78 Å². The first-order valence-corrected chi connectivity index (χ1v) is 19.7. The van der Waals surface area contributed by atoms with E-state index in [4.69, 9.17) is 9.47 Å². The molecule has 8 nitrogen and oxygen atoms in total. The number of ketones is 1. The standard InChI is InChI=1S/C44H62N2O6/c1-25(2)37-34(49)22-44(39(50)40(45-10)52-28(5)33-13-11-29(48)23-46-33)20-16-32-30(38(37)44)12-14-36-42(8)19-17-35(51-26(3)21-41(6,7)24-47)27(4)31(42)15-18-43(32,36)9/h11,13,23-25,27,30-32,35-36,39,48,50H,3,5,12,14-22H2,1-2,4,6-10H3. The summed E-state index contributed by atoms with van der Waals surface area (Å²) >= 11 is 0. The average Bonchev–Trinajstić information content (AvgIpc) is 3.41. The molecule has 0 spiro atoms. The van der Waals surface area contributed by atoms with Gasteiger partial charge in [0.25, 0.3) is 0 Å². The van der Waals surface area contributed by atoms with Gasteiger partial charge in [0, 0.05) is 30.7 Å². The molecule has 4 saturated carbocycles. The predicted molar refractivity (Wildman–Crippen MR) is 204 cm³/mol. The normalized spacial score (nSPS) is 36.7. The number of fused-ring (bicyclic) bond motifs is 7. The van der Waals surface area contributed by atoms with Crippen molar-refractivity contribution in [2.24, 2.45) is 62.2 Å². The summed E-state index contributed by atoms with van der Waals surface area (Å²) in [5.74, 6) is 3.48. The second-order valence-corrected chi connectivity index (χ2v) is 18.5. The van der Waals surface area contributed by atoms with Gasteiger partial charge in [-0.1, -0.05) is 67.2 Å². The first-order chi connectivity index (χ1) is 24.4. The molecular formula is C44H62N2O6. The number of aliphatic hydroxyl groups excluding tert-OH is 1. The Kier molecular flexibility index (Phi) is 10.3. The SMILES string of the molecule is C=C(CC(C)(C)C=O)OC1CCC2(C)C(CCC3(C)C4CCC5(C(O)C(=NC)OC(=C)c6ccc(O)cn6)CC(=O)C(C(C)C)=C5C4CCC32)C1C. The van der Waals surface area contributed by atoms with Gasteiger partial charge in [-0.15, -0.1) is 0 Å². The van der Waals surface area contributed by atoms with Gasteiger partial charge < -0.3 is 24.5 Å². The Hall–Kier alpha value is -3.26. The minimum atomic E-state index is -1.11. The van der Waals surface area contributed by atoms with Gasteiger partial charge in [-0.3, -0.25) is 9.79 Å². The highest BCUT2D eigenvalue weighted by atomic mass is 16.5. The molecule has 0 amide bonds. The van der Waals surface area contributed by atoms with E-state index < -0.39 is 16.9 Å². The molecule has 4 fully saturated rings. The maximum absolute atomic E-state index is 14.1. The molecule has 5 aliphatic rings. The summed E-state index contributed by atoms with van der Waals surface area (Å²) in [5.41, 5.74) is 1.57.